The third kappa shape index (κ3) is 7.32. The van der Waals surface area contributed by atoms with E-state index in [0.29, 0.717) is 42.6 Å². The van der Waals surface area contributed by atoms with E-state index in [1.807, 2.05) is 50.2 Å². The molecule has 0 aliphatic rings. The lowest BCUT2D eigenvalue weighted by molar-refractivity contribution is 0.0954. The Morgan fingerprint density at radius 3 is 2.18 bits per heavy atom. The van der Waals surface area contributed by atoms with Crippen LogP contribution in [0.15, 0.2) is 73.1 Å². The molecule has 0 atom stereocenters. The van der Waals surface area contributed by atoms with Gasteiger partial charge in [0.05, 0.1) is 28.4 Å². The van der Waals surface area contributed by atoms with Gasteiger partial charge < -0.3 is 14.2 Å². The number of benzene rings is 3. The summed E-state index contributed by atoms with van der Waals surface area (Å²) in [5.74, 6) is 1.45. The van der Waals surface area contributed by atoms with E-state index in [1.165, 1.54) is 0 Å². The summed E-state index contributed by atoms with van der Waals surface area (Å²) in [6, 6.07) is 16.7. The molecule has 0 aliphatic heterocycles. The van der Waals surface area contributed by atoms with E-state index in [2.05, 4.69) is 58.3 Å². The molecule has 0 spiro atoms. The van der Waals surface area contributed by atoms with Crippen molar-refractivity contribution < 1.29 is 19.0 Å². The Labute approximate surface area is 224 Å². The summed E-state index contributed by atoms with van der Waals surface area (Å²) in [5, 5.41) is 4.08. The van der Waals surface area contributed by atoms with Gasteiger partial charge in [-0.2, -0.15) is 5.10 Å². The molecule has 1 amide bonds. The molecule has 34 heavy (non-hydrogen) atoms. The van der Waals surface area contributed by atoms with E-state index in [-0.39, 0.29) is 5.91 Å². The summed E-state index contributed by atoms with van der Waals surface area (Å²) in [7, 11) is 0. The molecule has 1 N–H and O–H groups in total. The van der Waals surface area contributed by atoms with Gasteiger partial charge in [0.1, 0.15) is 12.4 Å². The molecule has 3 aromatic rings. The number of nitrogens with one attached hydrogen (secondary N) is 1. The minimum atomic E-state index is -0.354. The van der Waals surface area contributed by atoms with Gasteiger partial charge in [-0.1, -0.05) is 28.1 Å². The fraction of sp³-hybridized carbons (Fsp3) is 0.200. The Kier molecular flexibility index (Phi) is 9.98. The van der Waals surface area contributed by atoms with Crippen LogP contribution in [0.5, 0.6) is 17.2 Å². The molecule has 9 heteroatoms. The van der Waals surface area contributed by atoms with Crippen molar-refractivity contribution in [2.24, 2.45) is 5.10 Å². The SMILES string of the molecule is CCOc1ccc(C(=O)N/N=C/c2cc(Br)c(OCc3ccc(Br)cc3)c(Br)c2)cc1OCC. The molecule has 0 aliphatic carbocycles. The molecule has 0 radical (unpaired) electrons. The average Bonchev–Trinajstić information content (AvgIpc) is 2.81. The molecule has 0 aromatic heterocycles. The normalized spacial score (nSPS) is 10.9. The van der Waals surface area contributed by atoms with E-state index in [4.69, 9.17) is 14.2 Å². The number of hydrogen-bond donors (Lipinski definition) is 1. The maximum Gasteiger partial charge on any atom is 0.271 e. The van der Waals surface area contributed by atoms with Crippen molar-refractivity contribution in [2.75, 3.05) is 13.2 Å². The highest BCUT2D eigenvalue weighted by molar-refractivity contribution is 9.11. The highest BCUT2D eigenvalue weighted by Gasteiger charge is 2.12. The third-order valence-corrected chi connectivity index (χ3v) is 6.21. The van der Waals surface area contributed by atoms with Crippen molar-refractivity contribution in [2.45, 2.75) is 20.5 Å². The van der Waals surface area contributed by atoms with E-state index in [1.54, 1.807) is 24.4 Å². The van der Waals surface area contributed by atoms with Crippen LogP contribution in [0.3, 0.4) is 0 Å². The Morgan fingerprint density at radius 1 is 0.882 bits per heavy atom. The second-order valence-electron chi connectivity index (χ2n) is 6.96. The molecule has 178 valence electrons. The van der Waals surface area contributed by atoms with Crippen LogP contribution in [0.1, 0.15) is 35.3 Å². The van der Waals surface area contributed by atoms with E-state index >= 15 is 0 Å². The Morgan fingerprint density at radius 2 is 1.53 bits per heavy atom. The minimum absolute atomic E-state index is 0.354. The van der Waals surface area contributed by atoms with Gasteiger partial charge in [-0.15, -0.1) is 0 Å². The van der Waals surface area contributed by atoms with E-state index in [0.717, 1.165) is 24.5 Å². The van der Waals surface area contributed by atoms with Gasteiger partial charge in [-0.25, -0.2) is 5.43 Å². The van der Waals surface area contributed by atoms with Crippen LogP contribution in [-0.2, 0) is 6.61 Å². The number of hydrazone groups is 1. The highest BCUT2D eigenvalue weighted by Crippen LogP contribution is 2.35. The number of nitrogens with zero attached hydrogens (tertiary/aromatic N) is 1. The van der Waals surface area contributed by atoms with Crippen LogP contribution in [0, 0.1) is 0 Å². The summed E-state index contributed by atoms with van der Waals surface area (Å²) in [6.07, 6.45) is 1.56. The second kappa shape index (κ2) is 12.9. The topological polar surface area (TPSA) is 69.2 Å². The zero-order chi connectivity index (χ0) is 24.5. The van der Waals surface area contributed by atoms with E-state index in [9.17, 15) is 4.79 Å². The van der Waals surface area contributed by atoms with Crippen LogP contribution in [0.25, 0.3) is 0 Å². The Bertz CT molecular complexity index is 1140. The standard InChI is InChI=1S/C25H23Br3N2O4/c1-3-32-22-10-7-18(13-23(22)33-4-2)25(31)30-29-14-17-11-20(27)24(21(28)12-17)34-15-16-5-8-19(26)9-6-16/h5-14H,3-4,15H2,1-2H3,(H,30,31)/b29-14+. The van der Waals surface area contributed by atoms with Gasteiger partial charge in [-0.05, 0) is 99.3 Å². The van der Waals surface area contributed by atoms with Gasteiger partial charge in [0.25, 0.3) is 5.91 Å². The van der Waals surface area contributed by atoms with Crippen LogP contribution in [0.4, 0.5) is 0 Å². The van der Waals surface area contributed by atoms with Crippen LogP contribution >= 0.6 is 47.8 Å². The third-order valence-electron chi connectivity index (χ3n) is 4.50. The van der Waals surface area contributed by atoms with Crippen molar-refractivity contribution in [3.8, 4) is 17.2 Å². The maximum absolute atomic E-state index is 12.5. The largest absolute Gasteiger partial charge is 0.490 e. The Hall–Kier alpha value is -2.36. The first kappa shape index (κ1) is 26.2. The first-order valence-corrected chi connectivity index (χ1v) is 12.9. The zero-order valence-electron chi connectivity index (χ0n) is 18.6. The molecule has 0 saturated carbocycles. The van der Waals surface area contributed by atoms with Crippen molar-refractivity contribution in [3.63, 3.8) is 0 Å². The fourth-order valence-corrected chi connectivity index (χ4v) is 4.67. The van der Waals surface area contributed by atoms with Crippen LogP contribution in [-0.4, -0.2) is 25.3 Å². The van der Waals surface area contributed by atoms with E-state index < -0.39 is 0 Å². The lowest BCUT2D eigenvalue weighted by Gasteiger charge is -2.12. The summed E-state index contributed by atoms with van der Waals surface area (Å²) in [5.41, 5.74) is 4.79. The number of carbonyl (C=O) groups excluding carboxylic acids is 1. The second-order valence-corrected chi connectivity index (χ2v) is 9.58. The molecular formula is C25H23Br3N2O4. The van der Waals surface area contributed by atoms with Gasteiger partial charge >= 0.3 is 0 Å². The number of rotatable bonds is 10. The molecular weight excluding hydrogens is 632 g/mol. The lowest BCUT2D eigenvalue weighted by Crippen LogP contribution is -2.17. The molecule has 0 unspecified atom stereocenters. The molecule has 0 fully saturated rings. The maximum atomic E-state index is 12.5. The smallest absolute Gasteiger partial charge is 0.271 e. The Balaban J connectivity index is 1.64. The predicted octanol–water partition coefficient (Wildman–Crippen LogP) is 7.11. The van der Waals surface area contributed by atoms with Crippen molar-refractivity contribution in [1.29, 1.82) is 0 Å². The fourth-order valence-electron chi connectivity index (χ4n) is 2.95. The highest BCUT2D eigenvalue weighted by atomic mass is 79.9. The quantitative estimate of drug-likeness (QED) is 0.187. The molecule has 0 heterocycles. The summed E-state index contributed by atoms with van der Waals surface area (Å²) >= 11 is 10.5. The number of hydrogen-bond acceptors (Lipinski definition) is 5. The number of amides is 1. The first-order chi connectivity index (χ1) is 16.4. The summed E-state index contributed by atoms with van der Waals surface area (Å²) in [6.45, 7) is 5.17. The van der Waals surface area contributed by atoms with Crippen LogP contribution < -0.4 is 19.6 Å². The minimum Gasteiger partial charge on any atom is -0.490 e. The molecule has 3 rings (SSSR count). The lowest BCUT2D eigenvalue weighted by atomic mass is 10.2. The zero-order valence-corrected chi connectivity index (χ0v) is 23.4. The van der Waals surface area contributed by atoms with Gasteiger partial charge in [0, 0.05) is 10.0 Å². The van der Waals surface area contributed by atoms with Gasteiger partial charge in [0.15, 0.2) is 11.5 Å². The summed E-state index contributed by atoms with van der Waals surface area (Å²) in [4.78, 5) is 12.5. The van der Waals surface area contributed by atoms with Crippen LogP contribution in [0.2, 0.25) is 0 Å². The van der Waals surface area contributed by atoms with Gasteiger partial charge in [-0.3, -0.25) is 4.79 Å². The number of carbonyl (C=O) groups is 1. The monoisotopic (exact) mass is 652 g/mol. The first-order valence-electron chi connectivity index (χ1n) is 10.5. The molecule has 0 saturated heterocycles. The number of halogens is 3. The van der Waals surface area contributed by atoms with Gasteiger partial charge in [0.2, 0.25) is 0 Å². The van der Waals surface area contributed by atoms with Crippen molar-refractivity contribution in [3.05, 3.63) is 84.7 Å². The van der Waals surface area contributed by atoms with Crippen molar-refractivity contribution in [1.82, 2.24) is 5.43 Å². The number of ether oxygens (including phenoxy) is 3. The molecule has 0 bridgehead atoms. The molecule has 3 aromatic carbocycles. The van der Waals surface area contributed by atoms with Crippen molar-refractivity contribution >= 4 is 59.9 Å². The summed E-state index contributed by atoms with van der Waals surface area (Å²) < 4.78 is 19.6. The molecule has 6 nitrogen and oxygen atoms in total. The predicted molar refractivity (Wildman–Crippen MR) is 144 cm³/mol. The average molecular weight is 655 g/mol.